The third-order valence-corrected chi connectivity index (χ3v) is 1.74. The topological polar surface area (TPSA) is 3.24 Å². The first kappa shape index (κ1) is 19.3. The molecular weight excluding hydrogens is 170 g/mol. The van der Waals surface area contributed by atoms with Crippen molar-refractivity contribution in [2.45, 2.75) is 54.4 Å². The smallest absolute Gasteiger partial charge is 0.00125 e. The minimum absolute atomic E-state index is 1.17. The molecule has 0 aromatic heterocycles. The number of allylic oxidation sites excluding steroid dienone is 1. The Hall–Kier alpha value is -0.300. The molecule has 0 radical (unpaired) electrons. The van der Waals surface area contributed by atoms with Crippen LogP contribution in [0.3, 0.4) is 0 Å². The first-order chi connectivity index (χ1) is 6.70. The Balaban J connectivity index is -0.000000266. The number of hydrogen-bond acceptors (Lipinski definition) is 1. The summed E-state index contributed by atoms with van der Waals surface area (Å²) in [5.74, 6) is 0. The molecule has 14 heavy (non-hydrogen) atoms. The van der Waals surface area contributed by atoms with Gasteiger partial charge >= 0.3 is 0 Å². The van der Waals surface area contributed by atoms with Gasteiger partial charge in [0.1, 0.15) is 0 Å². The van der Waals surface area contributed by atoms with Crippen molar-refractivity contribution in [1.82, 2.24) is 4.90 Å². The van der Waals surface area contributed by atoms with Crippen molar-refractivity contribution in [1.29, 1.82) is 0 Å². The lowest BCUT2D eigenvalue weighted by atomic mass is 10.1. The number of rotatable bonds is 4. The van der Waals surface area contributed by atoms with Crippen LogP contribution in [0, 0.1) is 0 Å². The van der Waals surface area contributed by atoms with Crippen LogP contribution < -0.4 is 0 Å². The van der Waals surface area contributed by atoms with E-state index in [9.17, 15) is 0 Å². The van der Waals surface area contributed by atoms with Crippen molar-refractivity contribution in [2.24, 2.45) is 0 Å². The normalized spacial score (nSPS) is 9.93. The summed E-state index contributed by atoms with van der Waals surface area (Å²) < 4.78 is 0. The SMILES string of the molecule is C/C=C(\CC)CCN(C)C.CC.CC. The molecule has 0 fully saturated rings. The highest BCUT2D eigenvalue weighted by Crippen LogP contribution is 2.05. The molecule has 0 saturated heterocycles. The molecule has 0 aliphatic rings. The van der Waals surface area contributed by atoms with Gasteiger partial charge in [0.2, 0.25) is 0 Å². The van der Waals surface area contributed by atoms with Crippen molar-refractivity contribution < 1.29 is 0 Å². The van der Waals surface area contributed by atoms with Crippen LogP contribution in [0.4, 0.5) is 0 Å². The molecule has 0 aromatic carbocycles. The van der Waals surface area contributed by atoms with Crippen LogP contribution in [-0.4, -0.2) is 25.5 Å². The van der Waals surface area contributed by atoms with Gasteiger partial charge in [0, 0.05) is 6.54 Å². The second kappa shape index (κ2) is 18.5. The van der Waals surface area contributed by atoms with E-state index in [0.717, 1.165) is 0 Å². The zero-order chi connectivity index (χ0) is 12.0. The average molecular weight is 201 g/mol. The molecule has 0 spiro atoms. The van der Waals surface area contributed by atoms with Crippen LogP contribution in [0.1, 0.15) is 54.4 Å². The molecule has 0 atom stereocenters. The van der Waals surface area contributed by atoms with Gasteiger partial charge in [0.05, 0.1) is 0 Å². The van der Waals surface area contributed by atoms with E-state index in [0.29, 0.717) is 0 Å². The number of nitrogens with zero attached hydrogens (tertiary/aromatic N) is 1. The second-order valence-electron chi connectivity index (χ2n) is 2.85. The van der Waals surface area contributed by atoms with Gasteiger partial charge in [-0.05, 0) is 33.9 Å². The highest BCUT2D eigenvalue weighted by Gasteiger charge is 1.93. The Bertz CT molecular complexity index is 104. The van der Waals surface area contributed by atoms with Gasteiger partial charge < -0.3 is 4.90 Å². The van der Waals surface area contributed by atoms with Crippen molar-refractivity contribution in [2.75, 3.05) is 20.6 Å². The Kier molecular flexibility index (Phi) is 25.5. The molecule has 0 aromatic rings. The van der Waals surface area contributed by atoms with Crippen LogP contribution in [0.2, 0.25) is 0 Å². The van der Waals surface area contributed by atoms with E-state index in [-0.39, 0.29) is 0 Å². The maximum Gasteiger partial charge on any atom is 0.00125 e. The molecule has 0 aliphatic carbocycles. The molecule has 88 valence electrons. The standard InChI is InChI=1S/C9H19N.2C2H6/c1-5-9(6-2)7-8-10(3)4;2*1-2/h5H,6-8H2,1-4H3;2*1-2H3/b9-5+;;. The van der Waals surface area contributed by atoms with E-state index in [1.165, 1.54) is 19.4 Å². The summed E-state index contributed by atoms with van der Waals surface area (Å²) in [6.45, 7) is 13.5. The highest BCUT2D eigenvalue weighted by molar-refractivity contribution is 4.99. The molecule has 0 saturated carbocycles. The average Bonchev–Trinajstić information content (AvgIpc) is 2.25. The Morgan fingerprint density at radius 2 is 1.50 bits per heavy atom. The van der Waals surface area contributed by atoms with E-state index in [1.807, 2.05) is 27.7 Å². The molecule has 0 N–H and O–H groups in total. The van der Waals surface area contributed by atoms with E-state index in [4.69, 9.17) is 0 Å². The zero-order valence-corrected chi connectivity index (χ0v) is 11.6. The van der Waals surface area contributed by atoms with Crippen molar-refractivity contribution in [3.8, 4) is 0 Å². The quantitative estimate of drug-likeness (QED) is 0.611. The Morgan fingerprint density at radius 1 is 1.07 bits per heavy atom. The van der Waals surface area contributed by atoms with Crippen LogP contribution in [0.25, 0.3) is 0 Å². The van der Waals surface area contributed by atoms with E-state index >= 15 is 0 Å². The van der Waals surface area contributed by atoms with Gasteiger partial charge in [-0.15, -0.1) is 0 Å². The third-order valence-electron chi connectivity index (χ3n) is 1.74. The fourth-order valence-electron chi connectivity index (χ4n) is 0.892. The molecular formula is C13H31N. The third kappa shape index (κ3) is 17.7. The lowest BCUT2D eigenvalue weighted by Crippen LogP contribution is -2.13. The van der Waals surface area contributed by atoms with E-state index in [1.54, 1.807) is 5.57 Å². The summed E-state index contributed by atoms with van der Waals surface area (Å²) >= 11 is 0. The zero-order valence-electron chi connectivity index (χ0n) is 11.6. The lowest BCUT2D eigenvalue weighted by molar-refractivity contribution is 0.411. The van der Waals surface area contributed by atoms with Crippen molar-refractivity contribution in [3.63, 3.8) is 0 Å². The van der Waals surface area contributed by atoms with Gasteiger partial charge in [-0.25, -0.2) is 0 Å². The predicted molar refractivity (Wildman–Crippen MR) is 69.9 cm³/mol. The van der Waals surface area contributed by atoms with Crippen LogP contribution in [0.5, 0.6) is 0 Å². The summed E-state index contributed by atoms with van der Waals surface area (Å²) in [5.41, 5.74) is 1.56. The second-order valence-corrected chi connectivity index (χ2v) is 2.85. The largest absolute Gasteiger partial charge is 0.309 e. The molecule has 0 unspecified atom stereocenters. The summed E-state index contributed by atoms with van der Waals surface area (Å²) in [4.78, 5) is 2.22. The molecule has 1 heteroatoms. The summed E-state index contributed by atoms with van der Waals surface area (Å²) in [6, 6.07) is 0. The molecule has 0 heterocycles. The van der Waals surface area contributed by atoms with Crippen molar-refractivity contribution >= 4 is 0 Å². The van der Waals surface area contributed by atoms with Crippen LogP contribution >= 0.6 is 0 Å². The molecule has 1 nitrogen and oxygen atoms in total. The molecule has 0 bridgehead atoms. The van der Waals surface area contributed by atoms with Gasteiger partial charge in [0.25, 0.3) is 0 Å². The van der Waals surface area contributed by atoms with Gasteiger partial charge in [-0.1, -0.05) is 46.3 Å². The fraction of sp³-hybridized carbons (Fsp3) is 0.846. The monoisotopic (exact) mass is 201 g/mol. The Labute approximate surface area is 92.2 Å². The van der Waals surface area contributed by atoms with Gasteiger partial charge in [-0.3, -0.25) is 0 Å². The fourth-order valence-corrected chi connectivity index (χ4v) is 0.892. The van der Waals surface area contributed by atoms with Crippen LogP contribution in [0.15, 0.2) is 11.6 Å². The highest BCUT2D eigenvalue weighted by atomic mass is 15.0. The first-order valence-corrected chi connectivity index (χ1v) is 5.99. The maximum absolute atomic E-state index is 2.23. The van der Waals surface area contributed by atoms with Gasteiger partial charge in [0.15, 0.2) is 0 Å². The predicted octanol–water partition coefficient (Wildman–Crippen LogP) is 4.35. The molecule has 0 aliphatic heterocycles. The first-order valence-electron chi connectivity index (χ1n) is 5.99. The van der Waals surface area contributed by atoms with Gasteiger partial charge in [-0.2, -0.15) is 0 Å². The maximum atomic E-state index is 2.23. The molecule has 0 rings (SSSR count). The Morgan fingerprint density at radius 3 is 1.71 bits per heavy atom. The molecule has 0 amide bonds. The summed E-state index contributed by atoms with van der Waals surface area (Å²) in [6.07, 6.45) is 4.65. The summed E-state index contributed by atoms with van der Waals surface area (Å²) in [7, 11) is 4.23. The summed E-state index contributed by atoms with van der Waals surface area (Å²) in [5, 5.41) is 0. The lowest BCUT2D eigenvalue weighted by Gasteiger charge is -2.09. The number of hydrogen-bond donors (Lipinski definition) is 0. The minimum Gasteiger partial charge on any atom is -0.309 e. The van der Waals surface area contributed by atoms with E-state index in [2.05, 4.69) is 38.9 Å². The minimum atomic E-state index is 1.17. The van der Waals surface area contributed by atoms with Crippen molar-refractivity contribution in [3.05, 3.63) is 11.6 Å². The van der Waals surface area contributed by atoms with E-state index < -0.39 is 0 Å². The van der Waals surface area contributed by atoms with Crippen LogP contribution in [-0.2, 0) is 0 Å².